The van der Waals surface area contributed by atoms with Gasteiger partial charge in [0.05, 0.1) is 13.2 Å². The molecule has 1 aromatic rings. The van der Waals surface area contributed by atoms with Gasteiger partial charge in [-0.25, -0.2) is 4.98 Å². The Kier molecular flexibility index (Phi) is 3.89. The Labute approximate surface area is 77.0 Å². The van der Waals surface area contributed by atoms with Crippen LogP contribution in [0.5, 0.6) is 0 Å². The van der Waals surface area contributed by atoms with E-state index in [4.69, 9.17) is 15.7 Å². The first-order chi connectivity index (χ1) is 6.38. The van der Waals surface area contributed by atoms with Gasteiger partial charge >= 0.3 is 0 Å². The van der Waals surface area contributed by atoms with Crippen molar-refractivity contribution in [3.8, 4) is 6.07 Å². The van der Waals surface area contributed by atoms with Gasteiger partial charge in [0.1, 0.15) is 11.8 Å². The van der Waals surface area contributed by atoms with Crippen molar-refractivity contribution in [1.82, 2.24) is 4.98 Å². The minimum absolute atomic E-state index is 0.397. The van der Waals surface area contributed by atoms with Crippen molar-refractivity contribution < 1.29 is 4.74 Å². The molecule has 0 saturated carbocycles. The molecule has 4 nitrogen and oxygen atoms in total. The zero-order valence-electron chi connectivity index (χ0n) is 7.23. The molecule has 0 aliphatic rings. The molecule has 1 aromatic heterocycles. The van der Waals surface area contributed by atoms with Crippen LogP contribution in [0.25, 0.3) is 0 Å². The Balaban J connectivity index is 2.60. The Morgan fingerprint density at radius 3 is 3.15 bits per heavy atom. The van der Waals surface area contributed by atoms with Gasteiger partial charge in [0.15, 0.2) is 0 Å². The molecular weight excluding hydrogens is 166 g/mol. The van der Waals surface area contributed by atoms with Crippen molar-refractivity contribution in [1.29, 1.82) is 5.26 Å². The number of pyridine rings is 1. The number of ether oxygens (including phenoxy) is 1. The summed E-state index contributed by atoms with van der Waals surface area (Å²) in [5, 5.41) is 8.68. The fourth-order valence-corrected chi connectivity index (χ4v) is 0.921. The monoisotopic (exact) mass is 177 g/mol. The van der Waals surface area contributed by atoms with Crippen LogP contribution in [-0.2, 0) is 11.3 Å². The van der Waals surface area contributed by atoms with E-state index in [2.05, 4.69) is 4.98 Å². The molecule has 0 aliphatic carbocycles. The smallest absolute Gasteiger partial charge is 0.145 e. The topological polar surface area (TPSA) is 71.9 Å². The van der Waals surface area contributed by atoms with E-state index in [1.807, 2.05) is 12.1 Å². The molecule has 0 aliphatic heterocycles. The first-order valence-corrected chi connectivity index (χ1v) is 4.00. The number of rotatable bonds is 4. The summed E-state index contributed by atoms with van der Waals surface area (Å²) in [5.74, 6) is 0. The Morgan fingerprint density at radius 2 is 2.46 bits per heavy atom. The molecule has 2 N–H and O–H groups in total. The third-order valence-electron chi connectivity index (χ3n) is 1.52. The van der Waals surface area contributed by atoms with Crippen molar-refractivity contribution in [2.45, 2.75) is 6.61 Å². The first-order valence-electron chi connectivity index (χ1n) is 4.00. The highest BCUT2D eigenvalue weighted by atomic mass is 16.5. The summed E-state index contributed by atoms with van der Waals surface area (Å²) in [7, 11) is 0. The lowest BCUT2D eigenvalue weighted by Gasteiger charge is -2.02. The van der Waals surface area contributed by atoms with Gasteiger partial charge in [0, 0.05) is 18.3 Å². The molecule has 0 amide bonds. The Bertz CT molecular complexity index is 306. The predicted octanol–water partition coefficient (Wildman–Crippen LogP) is 0.429. The Hall–Kier alpha value is -1.44. The SMILES string of the molecule is N#Cc1ncccc1COCCN. The normalized spacial score (nSPS) is 9.54. The van der Waals surface area contributed by atoms with Crippen molar-refractivity contribution in [2.24, 2.45) is 5.73 Å². The summed E-state index contributed by atoms with van der Waals surface area (Å²) in [6.45, 7) is 1.38. The first kappa shape index (κ1) is 9.65. The average molecular weight is 177 g/mol. The average Bonchev–Trinajstić information content (AvgIpc) is 2.19. The van der Waals surface area contributed by atoms with Crippen molar-refractivity contribution in [2.75, 3.05) is 13.2 Å². The fraction of sp³-hybridized carbons (Fsp3) is 0.333. The molecule has 0 saturated heterocycles. The summed E-state index contributed by atoms with van der Waals surface area (Å²) in [4.78, 5) is 3.90. The van der Waals surface area contributed by atoms with Gasteiger partial charge in [0.2, 0.25) is 0 Å². The second-order valence-electron chi connectivity index (χ2n) is 2.46. The maximum absolute atomic E-state index is 8.68. The van der Waals surface area contributed by atoms with E-state index in [0.29, 0.717) is 25.5 Å². The molecule has 0 radical (unpaired) electrons. The molecule has 0 unspecified atom stereocenters. The van der Waals surface area contributed by atoms with Crippen LogP contribution < -0.4 is 5.73 Å². The Morgan fingerprint density at radius 1 is 1.62 bits per heavy atom. The summed E-state index contributed by atoms with van der Waals surface area (Å²) in [5.41, 5.74) is 6.48. The fourth-order valence-electron chi connectivity index (χ4n) is 0.921. The highest BCUT2D eigenvalue weighted by Crippen LogP contribution is 2.04. The van der Waals surface area contributed by atoms with E-state index >= 15 is 0 Å². The van der Waals surface area contributed by atoms with E-state index in [0.717, 1.165) is 5.56 Å². The molecule has 0 fully saturated rings. The second-order valence-corrected chi connectivity index (χ2v) is 2.46. The van der Waals surface area contributed by atoms with Crippen LogP contribution in [0.15, 0.2) is 18.3 Å². The lowest BCUT2D eigenvalue weighted by atomic mass is 10.2. The van der Waals surface area contributed by atoms with Crippen LogP contribution in [0.2, 0.25) is 0 Å². The predicted molar refractivity (Wildman–Crippen MR) is 47.7 cm³/mol. The number of aromatic nitrogens is 1. The van der Waals surface area contributed by atoms with Gasteiger partial charge in [-0.15, -0.1) is 0 Å². The summed E-state index contributed by atoms with van der Waals surface area (Å²) >= 11 is 0. The quantitative estimate of drug-likeness (QED) is 0.677. The third kappa shape index (κ3) is 2.82. The molecule has 1 rings (SSSR count). The van der Waals surface area contributed by atoms with Gasteiger partial charge < -0.3 is 10.5 Å². The van der Waals surface area contributed by atoms with Crippen LogP contribution in [0, 0.1) is 11.3 Å². The summed E-state index contributed by atoms with van der Waals surface area (Å²) in [6.07, 6.45) is 1.59. The van der Waals surface area contributed by atoms with E-state index in [1.54, 1.807) is 12.3 Å². The van der Waals surface area contributed by atoms with Gasteiger partial charge in [-0.2, -0.15) is 5.26 Å². The molecule has 68 valence electrons. The van der Waals surface area contributed by atoms with Gasteiger partial charge in [0.25, 0.3) is 0 Å². The third-order valence-corrected chi connectivity index (χ3v) is 1.52. The van der Waals surface area contributed by atoms with E-state index < -0.39 is 0 Å². The molecule has 4 heteroatoms. The number of nitrogens with two attached hydrogens (primary N) is 1. The van der Waals surface area contributed by atoms with E-state index in [9.17, 15) is 0 Å². The number of nitrogens with zero attached hydrogens (tertiary/aromatic N) is 2. The minimum Gasteiger partial charge on any atom is -0.375 e. The highest BCUT2D eigenvalue weighted by Gasteiger charge is 2.00. The molecule has 0 atom stereocenters. The molecular formula is C9H11N3O. The zero-order chi connectivity index (χ0) is 9.52. The van der Waals surface area contributed by atoms with Gasteiger partial charge in [-0.3, -0.25) is 0 Å². The molecule has 0 aromatic carbocycles. The van der Waals surface area contributed by atoms with Crippen LogP contribution in [0.3, 0.4) is 0 Å². The van der Waals surface area contributed by atoms with E-state index in [-0.39, 0.29) is 0 Å². The maximum atomic E-state index is 8.68. The van der Waals surface area contributed by atoms with E-state index in [1.165, 1.54) is 0 Å². The number of hydrogen-bond acceptors (Lipinski definition) is 4. The largest absolute Gasteiger partial charge is 0.375 e. The maximum Gasteiger partial charge on any atom is 0.145 e. The van der Waals surface area contributed by atoms with Crippen LogP contribution in [0.4, 0.5) is 0 Å². The lowest BCUT2D eigenvalue weighted by molar-refractivity contribution is 0.128. The highest BCUT2D eigenvalue weighted by molar-refractivity contribution is 5.29. The summed E-state index contributed by atoms with van der Waals surface area (Å²) in [6, 6.07) is 5.60. The lowest BCUT2D eigenvalue weighted by Crippen LogP contribution is -2.08. The summed E-state index contributed by atoms with van der Waals surface area (Å²) < 4.78 is 5.20. The van der Waals surface area contributed by atoms with Crippen LogP contribution in [0.1, 0.15) is 11.3 Å². The van der Waals surface area contributed by atoms with Crippen molar-refractivity contribution in [3.63, 3.8) is 0 Å². The molecule has 0 spiro atoms. The molecule has 1 heterocycles. The number of nitriles is 1. The van der Waals surface area contributed by atoms with Crippen molar-refractivity contribution in [3.05, 3.63) is 29.6 Å². The number of hydrogen-bond donors (Lipinski definition) is 1. The van der Waals surface area contributed by atoms with Crippen molar-refractivity contribution >= 4 is 0 Å². The van der Waals surface area contributed by atoms with Crippen LogP contribution >= 0.6 is 0 Å². The van der Waals surface area contributed by atoms with Crippen LogP contribution in [-0.4, -0.2) is 18.1 Å². The minimum atomic E-state index is 0.397. The zero-order valence-corrected chi connectivity index (χ0v) is 7.23. The van der Waals surface area contributed by atoms with Gasteiger partial charge in [-0.1, -0.05) is 6.07 Å². The second kappa shape index (κ2) is 5.25. The molecule has 13 heavy (non-hydrogen) atoms. The molecule has 0 bridgehead atoms. The van der Waals surface area contributed by atoms with Gasteiger partial charge in [-0.05, 0) is 6.07 Å². The standard InChI is InChI=1S/C9H11N3O/c10-3-5-13-7-8-2-1-4-12-9(8)6-11/h1-2,4H,3,5,7,10H2.